The SMILES string of the molecule is CCCCCCCCCCNc1ccc(OCCCCCCCCCC(F)(F)F)cc1.O=C(O)CCCCCCCCCC1(F)CCNCC1. The second-order valence-corrected chi connectivity index (χ2v) is 14.4. The molecular formula is C41H72F4N2O3. The maximum atomic E-state index is 14.2. The summed E-state index contributed by atoms with van der Waals surface area (Å²) in [6.07, 6.45) is 21.7. The van der Waals surface area contributed by atoms with E-state index in [0.717, 1.165) is 108 Å². The predicted octanol–water partition coefficient (Wildman–Crippen LogP) is 13.0. The zero-order valence-electron chi connectivity index (χ0n) is 31.5. The second-order valence-electron chi connectivity index (χ2n) is 14.4. The molecule has 9 heteroatoms. The first-order valence-electron chi connectivity index (χ1n) is 20.3. The lowest BCUT2D eigenvalue weighted by molar-refractivity contribution is -0.137. The average molecular weight is 717 g/mol. The minimum atomic E-state index is -4.00. The minimum Gasteiger partial charge on any atom is -0.494 e. The molecule has 292 valence electrons. The Morgan fingerprint density at radius 3 is 1.80 bits per heavy atom. The van der Waals surface area contributed by atoms with E-state index in [9.17, 15) is 22.4 Å². The topological polar surface area (TPSA) is 70.6 Å². The third kappa shape index (κ3) is 29.7. The van der Waals surface area contributed by atoms with Gasteiger partial charge in [-0.15, -0.1) is 0 Å². The van der Waals surface area contributed by atoms with E-state index in [1.807, 2.05) is 12.1 Å². The molecule has 3 N–H and O–H groups in total. The normalized spacial score (nSPS) is 14.2. The highest BCUT2D eigenvalue weighted by Gasteiger charge is 2.30. The van der Waals surface area contributed by atoms with Crippen molar-refractivity contribution in [3.8, 4) is 5.75 Å². The molecule has 50 heavy (non-hydrogen) atoms. The number of nitrogens with one attached hydrogen (secondary N) is 2. The Hall–Kier alpha value is -2.03. The number of alkyl halides is 4. The number of hydrogen-bond acceptors (Lipinski definition) is 4. The predicted molar refractivity (Wildman–Crippen MR) is 201 cm³/mol. The van der Waals surface area contributed by atoms with Gasteiger partial charge in [0.2, 0.25) is 0 Å². The van der Waals surface area contributed by atoms with Crippen LogP contribution in [0.5, 0.6) is 5.75 Å². The zero-order chi connectivity index (χ0) is 36.6. The smallest absolute Gasteiger partial charge is 0.389 e. The number of hydrogen-bond donors (Lipinski definition) is 3. The first-order chi connectivity index (χ1) is 24.1. The number of unbranched alkanes of at least 4 members (excludes halogenated alkanes) is 19. The van der Waals surface area contributed by atoms with Crippen LogP contribution in [0.1, 0.15) is 180 Å². The van der Waals surface area contributed by atoms with Crippen molar-refractivity contribution < 1.29 is 32.2 Å². The van der Waals surface area contributed by atoms with E-state index >= 15 is 0 Å². The fourth-order valence-corrected chi connectivity index (χ4v) is 6.39. The molecule has 0 radical (unpaired) electrons. The molecule has 0 aromatic heterocycles. The van der Waals surface area contributed by atoms with Crippen molar-refractivity contribution in [3.63, 3.8) is 0 Å². The van der Waals surface area contributed by atoms with E-state index in [4.69, 9.17) is 9.84 Å². The number of piperidine rings is 1. The molecule has 1 aromatic carbocycles. The Bertz CT molecular complexity index is 908. The van der Waals surface area contributed by atoms with Crippen LogP contribution in [-0.2, 0) is 4.79 Å². The summed E-state index contributed by atoms with van der Waals surface area (Å²) in [5.41, 5.74) is 0.230. The van der Waals surface area contributed by atoms with E-state index in [0.29, 0.717) is 38.7 Å². The molecule has 1 aliphatic rings. The van der Waals surface area contributed by atoms with Crippen LogP contribution in [0.25, 0.3) is 0 Å². The van der Waals surface area contributed by atoms with E-state index in [1.165, 1.54) is 51.4 Å². The van der Waals surface area contributed by atoms with Crippen LogP contribution in [0.15, 0.2) is 24.3 Å². The number of carboxylic acids is 1. The monoisotopic (exact) mass is 717 g/mol. The molecule has 1 aliphatic heterocycles. The van der Waals surface area contributed by atoms with Crippen molar-refractivity contribution in [2.45, 2.75) is 192 Å². The highest BCUT2D eigenvalue weighted by atomic mass is 19.4. The Labute approximate surface area is 302 Å². The molecule has 5 nitrogen and oxygen atoms in total. The quantitative estimate of drug-likeness (QED) is 0.0546. The maximum Gasteiger partial charge on any atom is 0.389 e. The van der Waals surface area contributed by atoms with Gasteiger partial charge in [0.1, 0.15) is 11.4 Å². The van der Waals surface area contributed by atoms with Crippen LogP contribution in [-0.4, -0.2) is 49.2 Å². The van der Waals surface area contributed by atoms with Gasteiger partial charge in [-0.1, -0.05) is 122 Å². The molecule has 1 saturated heterocycles. The second kappa shape index (κ2) is 30.6. The molecule has 0 aliphatic carbocycles. The standard InChI is InChI=1S/C26H44F3NO.C15H28FNO2/c1-2-3-4-5-6-9-12-15-22-30-24-17-19-25(20-18-24)31-23-16-13-10-7-8-11-14-21-26(27,28)29;16-15(10-12-17-13-11-15)9-7-5-3-1-2-4-6-8-14(18)19/h17-20,30H,2-16,21-23H2,1H3;17H,1-13H2,(H,18,19). The maximum absolute atomic E-state index is 14.2. The molecule has 0 spiro atoms. The Balaban J connectivity index is 0.000000561. The van der Waals surface area contributed by atoms with Crippen LogP contribution in [0.4, 0.5) is 23.2 Å². The van der Waals surface area contributed by atoms with E-state index in [-0.39, 0.29) is 6.42 Å². The van der Waals surface area contributed by atoms with Gasteiger partial charge in [0.25, 0.3) is 0 Å². The fourth-order valence-electron chi connectivity index (χ4n) is 6.39. The number of ether oxygens (including phenoxy) is 1. The van der Waals surface area contributed by atoms with Crippen LogP contribution < -0.4 is 15.4 Å². The van der Waals surface area contributed by atoms with Gasteiger partial charge in [-0.25, -0.2) is 4.39 Å². The molecule has 0 bridgehead atoms. The first-order valence-corrected chi connectivity index (χ1v) is 20.3. The molecule has 0 atom stereocenters. The van der Waals surface area contributed by atoms with Gasteiger partial charge in [0, 0.05) is 25.1 Å². The largest absolute Gasteiger partial charge is 0.494 e. The van der Waals surface area contributed by atoms with Crippen molar-refractivity contribution in [1.82, 2.24) is 5.32 Å². The van der Waals surface area contributed by atoms with Crippen LogP contribution in [0.2, 0.25) is 0 Å². The summed E-state index contributed by atoms with van der Waals surface area (Å²) in [6.45, 7) is 5.61. The molecule has 2 rings (SSSR count). The number of carbonyl (C=O) groups is 1. The summed E-state index contributed by atoms with van der Waals surface area (Å²) in [7, 11) is 0. The number of benzene rings is 1. The molecule has 0 amide bonds. The molecule has 1 fully saturated rings. The third-order valence-electron chi connectivity index (χ3n) is 9.60. The summed E-state index contributed by atoms with van der Waals surface area (Å²) in [4.78, 5) is 10.3. The molecule has 0 saturated carbocycles. The zero-order valence-corrected chi connectivity index (χ0v) is 31.5. The molecule has 1 heterocycles. The van der Waals surface area contributed by atoms with Crippen molar-refractivity contribution in [2.75, 3.05) is 31.6 Å². The van der Waals surface area contributed by atoms with E-state index in [2.05, 4.69) is 29.7 Å². The summed E-state index contributed by atoms with van der Waals surface area (Å²) in [6, 6.07) is 8.16. The first kappa shape index (κ1) is 46.0. The van der Waals surface area contributed by atoms with Crippen LogP contribution in [0, 0.1) is 0 Å². The van der Waals surface area contributed by atoms with E-state index < -0.39 is 24.2 Å². The highest BCUT2D eigenvalue weighted by Crippen LogP contribution is 2.29. The number of carboxylic acid groups (broad SMARTS) is 1. The Morgan fingerprint density at radius 2 is 1.24 bits per heavy atom. The highest BCUT2D eigenvalue weighted by molar-refractivity contribution is 5.66. The van der Waals surface area contributed by atoms with Crippen molar-refractivity contribution in [1.29, 1.82) is 0 Å². The number of halogens is 4. The Kier molecular flexibility index (Phi) is 28.1. The van der Waals surface area contributed by atoms with Gasteiger partial charge in [-0.2, -0.15) is 13.2 Å². The number of rotatable bonds is 30. The van der Waals surface area contributed by atoms with Gasteiger partial charge in [-0.05, 0) is 82.3 Å². The van der Waals surface area contributed by atoms with E-state index in [1.54, 1.807) is 0 Å². The third-order valence-corrected chi connectivity index (χ3v) is 9.60. The summed E-state index contributed by atoms with van der Waals surface area (Å²) < 4.78 is 56.2. The average Bonchev–Trinajstić information content (AvgIpc) is 3.08. The van der Waals surface area contributed by atoms with Crippen LogP contribution in [0.3, 0.4) is 0 Å². The van der Waals surface area contributed by atoms with Gasteiger partial charge in [0.15, 0.2) is 0 Å². The summed E-state index contributed by atoms with van der Waals surface area (Å²) in [5.74, 6) is 0.194. The summed E-state index contributed by atoms with van der Waals surface area (Å²) >= 11 is 0. The summed E-state index contributed by atoms with van der Waals surface area (Å²) in [5, 5.41) is 15.2. The van der Waals surface area contributed by atoms with Crippen LogP contribution >= 0.6 is 0 Å². The van der Waals surface area contributed by atoms with Gasteiger partial charge in [-0.3, -0.25) is 4.79 Å². The van der Waals surface area contributed by atoms with Gasteiger partial charge < -0.3 is 20.5 Å². The molecule has 1 aromatic rings. The van der Waals surface area contributed by atoms with Crippen molar-refractivity contribution in [3.05, 3.63) is 24.3 Å². The van der Waals surface area contributed by atoms with Crippen molar-refractivity contribution in [2.24, 2.45) is 0 Å². The number of aliphatic carboxylic acids is 1. The molecule has 0 unspecified atom stereocenters. The van der Waals surface area contributed by atoms with Crippen molar-refractivity contribution >= 4 is 11.7 Å². The Morgan fingerprint density at radius 1 is 0.740 bits per heavy atom. The fraction of sp³-hybridized carbons (Fsp3) is 0.829. The lowest BCUT2D eigenvalue weighted by atomic mass is 9.88. The lowest BCUT2D eigenvalue weighted by Crippen LogP contribution is -2.38. The minimum absolute atomic E-state index is 0.261. The number of anilines is 1. The molecular weight excluding hydrogens is 644 g/mol. The van der Waals surface area contributed by atoms with Gasteiger partial charge in [0.05, 0.1) is 6.61 Å². The lowest BCUT2D eigenvalue weighted by Gasteiger charge is -2.30. The van der Waals surface area contributed by atoms with Gasteiger partial charge >= 0.3 is 12.1 Å².